The zero-order valence-electron chi connectivity index (χ0n) is 20.8. The minimum absolute atomic E-state index is 0.0179. The van der Waals surface area contributed by atoms with Crippen LogP contribution in [0.1, 0.15) is 42.7 Å². The van der Waals surface area contributed by atoms with E-state index < -0.39 is 0 Å². The van der Waals surface area contributed by atoms with E-state index in [1.54, 1.807) is 4.90 Å². The molecule has 2 aliphatic heterocycles. The lowest BCUT2D eigenvalue weighted by Crippen LogP contribution is -2.49. The summed E-state index contributed by atoms with van der Waals surface area (Å²) in [6, 6.07) is 7.59. The Kier molecular flexibility index (Phi) is 8.30. The lowest BCUT2D eigenvalue weighted by atomic mass is 9.82. The Morgan fingerprint density at radius 2 is 2.03 bits per heavy atom. The van der Waals surface area contributed by atoms with Gasteiger partial charge in [0, 0.05) is 43.5 Å². The maximum Gasteiger partial charge on any atom is 0.274 e. The van der Waals surface area contributed by atoms with Crippen LogP contribution in [0.15, 0.2) is 55.0 Å². The fraction of sp³-hybridized carbons (Fsp3) is 0.444. The lowest BCUT2D eigenvalue weighted by Gasteiger charge is -2.38. The van der Waals surface area contributed by atoms with Gasteiger partial charge in [-0.1, -0.05) is 30.4 Å². The van der Waals surface area contributed by atoms with Crippen molar-refractivity contribution in [3.8, 4) is 5.75 Å². The second-order valence-corrected chi connectivity index (χ2v) is 9.58. The van der Waals surface area contributed by atoms with Gasteiger partial charge in [-0.15, -0.1) is 0 Å². The molecule has 3 heterocycles. The number of piperidine rings is 1. The molecule has 2 atom stereocenters. The van der Waals surface area contributed by atoms with Crippen LogP contribution in [0.4, 0.5) is 0 Å². The van der Waals surface area contributed by atoms with Gasteiger partial charge in [-0.05, 0) is 38.2 Å². The van der Waals surface area contributed by atoms with E-state index in [0.29, 0.717) is 38.3 Å². The van der Waals surface area contributed by atoms with Gasteiger partial charge in [0.25, 0.3) is 5.91 Å². The number of carbonyl (C=O) groups excluding carboxylic acids is 3. The van der Waals surface area contributed by atoms with Crippen molar-refractivity contribution < 1.29 is 19.1 Å². The Bertz CT molecular complexity index is 1100. The van der Waals surface area contributed by atoms with Gasteiger partial charge in [-0.25, -0.2) is 4.98 Å². The van der Waals surface area contributed by atoms with Crippen molar-refractivity contribution in [2.75, 3.05) is 26.2 Å². The fourth-order valence-corrected chi connectivity index (χ4v) is 4.73. The van der Waals surface area contributed by atoms with Crippen LogP contribution in [0.5, 0.6) is 5.75 Å². The minimum Gasteiger partial charge on any atom is -0.489 e. The fourth-order valence-electron chi connectivity index (χ4n) is 4.73. The molecule has 1 N–H and O–H groups in total. The maximum atomic E-state index is 13.4. The van der Waals surface area contributed by atoms with Crippen LogP contribution in [0.3, 0.4) is 0 Å². The van der Waals surface area contributed by atoms with Gasteiger partial charge in [0.05, 0.1) is 12.7 Å². The van der Waals surface area contributed by atoms with Gasteiger partial charge in [-0.2, -0.15) is 0 Å². The van der Waals surface area contributed by atoms with E-state index in [1.165, 1.54) is 23.5 Å². The summed E-state index contributed by atoms with van der Waals surface area (Å²) in [5.74, 6) is 0.325. The van der Waals surface area contributed by atoms with Gasteiger partial charge < -0.3 is 19.9 Å². The molecular formula is C27H33N5O4. The first-order valence-corrected chi connectivity index (χ1v) is 12.4. The molecule has 0 saturated carbocycles. The molecule has 0 spiro atoms. The highest BCUT2D eigenvalue weighted by Gasteiger charge is 2.33. The number of nitrogens with one attached hydrogen (secondary N) is 1. The number of ether oxygens (including phenoxy) is 1. The first kappa shape index (κ1) is 25.3. The quantitative estimate of drug-likeness (QED) is 0.659. The number of fused-ring (bicyclic) bond motifs is 3. The van der Waals surface area contributed by atoms with Crippen molar-refractivity contribution in [3.63, 3.8) is 0 Å². The molecule has 2 aliphatic rings. The number of benzene rings is 1. The van der Waals surface area contributed by atoms with E-state index in [1.807, 2.05) is 44.2 Å². The predicted octanol–water partition coefficient (Wildman–Crippen LogP) is 2.45. The summed E-state index contributed by atoms with van der Waals surface area (Å²) in [7, 11) is 0. The van der Waals surface area contributed by atoms with Crippen molar-refractivity contribution in [1.82, 2.24) is 25.1 Å². The maximum absolute atomic E-state index is 13.4. The summed E-state index contributed by atoms with van der Waals surface area (Å²) in [5.41, 5.74) is 0.985. The molecule has 1 fully saturated rings. The van der Waals surface area contributed by atoms with E-state index in [0.717, 1.165) is 5.56 Å². The first-order chi connectivity index (χ1) is 17.4. The summed E-state index contributed by atoms with van der Waals surface area (Å²) < 4.78 is 6.04. The molecule has 1 aromatic heterocycles. The average Bonchev–Trinajstić information content (AvgIpc) is 2.87. The molecule has 1 aromatic carbocycles. The van der Waals surface area contributed by atoms with Gasteiger partial charge in [-0.3, -0.25) is 19.4 Å². The van der Waals surface area contributed by atoms with Gasteiger partial charge >= 0.3 is 0 Å². The van der Waals surface area contributed by atoms with Gasteiger partial charge in [0.15, 0.2) is 0 Å². The largest absolute Gasteiger partial charge is 0.489 e. The summed E-state index contributed by atoms with van der Waals surface area (Å²) in [4.78, 5) is 50.7. The third-order valence-corrected chi connectivity index (χ3v) is 6.50. The standard InChI is InChI=1S/C27H33N5O4/c1-19(2)30-25(33)14-20-9-12-31-16-21(20)7-5-13-36-24-8-4-3-6-22(24)17-32(18-26(31)34)27(35)23-15-28-10-11-29-23/h3-8,10-11,15,19-21H,9,12-14,16-18H2,1-2H3,(H,30,33)/t20-,21-/m0/s1. The Morgan fingerprint density at radius 3 is 2.81 bits per heavy atom. The number of carbonyl (C=O) groups is 3. The third-order valence-electron chi connectivity index (χ3n) is 6.50. The molecule has 0 aliphatic carbocycles. The predicted molar refractivity (Wildman–Crippen MR) is 134 cm³/mol. The zero-order chi connectivity index (χ0) is 25.5. The Balaban J connectivity index is 1.60. The molecule has 4 rings (SSSR count). The van der Waals surface area contributed by atoms with Crippen molar-refractivity contribution >= 4 is 17.7 Å². The first-order valence-electron chi connectivity index (χ1n) is 12.4. The number of nitrogens with zero attached hydrogens (tertiary/aromatic N) is 4. The van der Waals surface area contributed by atoms with Crippen LogP contribution >= 0.6 is 0 Å². The second kappa shape index (κ2) is 11.8. The van der Waals surface area contributed by atoms with Gasteiger partial charge in [0.2, 0.25) is 11.8 Å². The number of hydrogen-bond acceptors (Lipinski definition) is 6. The Hall–Kier alpha value is -3.75. The van der Waals surface area contributed by atoms with Crippen LogP contribution in [0, 0.1) is 11.8 Å². The van der Waals surface area contributed by atoms with Crippen molar-refractivity contribution in [2.24, 2.45) is 11.8 Å². The smallest absolute Gasteiger partial charge is 0.274 e. The topological polar surface area (TPSA) is 105 Å². The number of aromatic nitrogens is 2. The molecule has 2 aromatic rings. The number of amides is 3. The molecule has 1 saturated heterocycles. The second-order valence-electron chi connectivity index (χ2n) is 9.58. The highest BCUT2D eigenvalue weighted by atomic mass is 16.5. The number of para-hydroxylation sites is 1. The van der Waals surface area contributed by atoms with E-state index in [2.05, 4.69) is 21.4 Å². The van der Waals surface area contributed by atoms with Gasteiger partial charge in [0.1, 0.15) is 24.6 Å². The highest BCUT2D eigenvalue weighted by molar-refractivity contribution is 5.94. The van der Waals surface area contributed by atoms with Crippen LogP contribution in [0.25, 0.3) is 0 Å². The van der Waals surface area contributed by atoms with Crippen molar-refractivity contribution in [1.29, 1.82) is 0 Å². The third kappa shape index (κ3) is 6.47. The highest BCUT2D eigenvalue weighted by Crippen LogP contribution is 2.29. The summed E-state index contributed by atoms with van der Waals surface area (Å²) in [5, 5.41) is 2.97. The lowest BCUT2D eigenvalue weighted by molar-refractivity contribution is -0.134. The molecule has 0 unspecified atom stereocenters. The Labute approximate surface area is 211 Å². The molecule has 9 nitrogen and oxygen atoms in total. The molecule has 2 bridgehead atoms. The molecule has 0 radical (unpaired) electrons. The van der Waals surface area contributed by atoms with E-state index in [4.69, 9.17) is 4.74 Å². The molecular weight excluding hydrogens is 458 g/mol. The normalized spacial score (nSPS) is 20.5. The molecule has 3 amide bonds. The van der Waals surface area contributed by atoms with E-state index >= 15 is 0 Å². The SMILES string of the molecule is CC(C)NC(=O)C[C@@H]1CCN2C[C@@H]1C=CCOc1ccccc1CN(C(=O)c1cnccn1)CC2=O. The molecule has 9 heteroatoms. The zero-order valence-corrected chi connectivity index (χ0v) is 20.8. The summed E-state index contributed by atoms with van der Waals surface area (Å²) >= 11 is 0. The molecule has 190 valence electrons. The van der Waals surface area contributed by atoms with Crippen LogP contribution in [-0.4, -0.2) is 69.8 Å². The average molecular weight is 492 g/mol. The van der Waals surface area contributed by atoms with E-state index in [9.17, 15) is 14.4 Å². The summed E-state index contributed by atoms with van der Waals surface area (Å²) in [6.07, 6.45) is 9.53. The monoisotopic (exact) mass is 491 g/mol. The van der Waals surface area contributed by atoms with Crippen molar-refractivity contribution in [3.05, 3.63) is 66.3 Å². The number of hydrogen-bond donors (Lipinski definition) is 1. The summed E-state index contributed by atoms with van der Waals surface area (Å²) in [6.45, 7) is 5.40. The van der Waals surface area contributed by atoms with Crippen molar-refractivity contribution in [2.45, 2.75) is 39.3 Å². The minimum atomic E-state index is -0.365. The number of rotatable bonds is 4. The Morgan fingerprint density at radius 1 is 1.19 bits per heavy atom. The van der Waals surface area contributed by atoms with E-state index in [-0.39, 0.29) is 54.4 Å². The van der Waals surface area contributed by atoms with Crippen LogP contribution in [0.2, 0.25) is 0 Å². The van der Waals surface area contributed by atoms with Crippen LogP contribution in [-0.2, 0) is 16.1 Å². The molecule has 36 heavy (non-hydrogen) atoms. The van der Waals surface area contributed by atoms with Crippen LogP contribution < -0.4 is 10.1 Å².